The van der Waals surface area contributed by atoms with Crippen LogP contribution in [0.2, 0.25) is 0 Å². The van der Waals surface area contributed by atoms with Crippen molar-refractivity contribution in [1.82, 2.24) is 15.0 Å². The first-order valence-corrected chi connectivity index (χ1v) is 5.55. The monoisotopic (exact) mass is 247 g/mol. The van der Waals surface area contributed by atoms with Crippen LogP contribution in [0, 0.1) is 5.82 Å². The molecule has 0 radical (unpaired) electrons. The van der Waals surface area contributed by atoms with Gasteiger partial charge in [0.1, 0.15) is 11.5 Å². The molecule has 0 saturated heterocycles. The number of benzene rings is 1. The molecule has 0 unspecified atom stereocenters. The summed E-state index contributed by atoms with van der Waals surface area (Å²) in [6.07, 6.45) is 0. The van der Waals surface area contributed by atoms with Gasteiger partial charge >= 0.3 is 0 Å². The van der Waals surface area contributed by atoms with Gasteiger partial charge in [-0.3, -0.25) is 0 Å². The second kappa shape index (κ2) is 5.10. The largest absolute Gasteiger partial charge is 0.390 e. The number of aliphatic hydroxyl groups excluding tert-OH is 1. The summed E-state index contributed by atoms with van der Waals surface area (Å²) in [5.74, 6) is -0.334. The highest BCUT2D eigenvalue weighted by Gasteiger charge is 2.14. The van der Waals surface area contributed by atoms with Crippen LogP contribution in [-0.4, -0.2) is 20.1 Å². The zero-order valence-electron chi connectivity index (χ0n) is 10.1. The minimum Gasteiger partial charge on any atom is -0.390 e. The molecule has 0 amide bonds. The Labute approximate surface area is 104 Å². The molecule has 1 aromatic carbocycles. The third-order valence-corrected chi connectivity index (χ3v) is 2.47. The number of rotatable bonds is 4. The summed E-state index contributed by atoms with van der Waals surface area (Å²) < 4.78 is 14.9. The molecular formula is C13H14FN3O. The van der Waals surface area contributed by atoms with E-state index in [-0.39, 0.29) is 12.4 Å². The van der Waals surface area contributed by atoms with Gasteiger partial charge in [0, 0.05) is 5.56 Å². The molecule has 0 aliphatic carbocycles. The van der Waals surface area contributed by atoms with Gasteiger partial charge < -0.3 is 5.11 Å². The summed E-state index contributed by atoms with van der Waals surface area (Å²) >= 11 is 0. The van der Waals surface area contributed by atoms with E-state index in [1.165, 1.54) is 12.1 Å². The van der Waals surface area contributed by atoms with Gasteiger partial charge in [-0.1, -0.05) is 29.5 Å². The van der Waals surface area contributed by atoms with Crippen molar-refractivity contribution in [2.75, 3.05) is 0 Å². The summed E-state index contributed by atoms with van der Waals surface area (Å²) in [6, 6.07) is 6.14. The van der Waals surface area contributed by atoms with Crippen molar-refractivity contribution in [3.63, 3.8) is 0 Å². The number of nitrogens with zero attached hydrogens (tertiary/aromatic N) is 3. The molecule has 94 valence electrons. The second-order valence-electron chi connectivity index (χ2n) is 4.17. The van der Waals surface area contributed by atoms with E-state index in [9.17, 15) is 9.50 Å². The Hall–Kier alpha value is -2.01. The van der Waals surface area contributed by atoms with Gasteiger partial charge in [0.15, 0.2) is 0 Å². The number of hydrogen-bond donors (Lipinski definition) is 1. The smallest absolute Gasteiger partial charge is 0.123 e. The fourth-order valence-corrected chi connectivity index (χ4v) is 1.77. The van der Waals surface area contributed by atoms with E-state index in [1.54, 1.807) is 16.8 Å². The fourth-order valence-electron chi connectivity index (χ4n) is 1.77. The molecule has 0 aliphatic heterocycles. The van der Waals surface area contributed by atoms with Crippen LogP contribution in [0.1, 0.15) is 12.6 Å². The van der Waals surface area contributed by atoms with Crippen molar-refractivity contribution in [2.45, 2.75) is 20.1 Å². The van der Waals surface area contributed by atoms with E-state index in [0.717, 1.165) is 5.57 Å². The SMILES string of the molecule is C=C(C)Cn1nnc(CO)c1-c1cccc(F)c1. The van der Waals surface area contributed by atoms with Crippen molar-refractivity contribution < 1.29 is 9.50 Å². The van der Waals surface area contributed by atoms with Crippen molar-refractivity contribution >= 4 is 0 Å². The van der Waals surface area contributed by atoms with Crippen LogP contribution in [0.25, 0.3) is 11.3 Å². The van der Waals surface area contributed by atoms with Gasteiger partial charge in [-0.25, -0.2) is 9.07 Å². The Balaban J connectivity index is 2.53. The Bertz CT molecular complexity index is 577. The lowest BCUT2D eigenvalue weighted by molar-refractivity contribution is 0.277. The topological polar surface area (TPSA) is 50.9 Å². The van der Waals surface area contributed by atoms with Crippen LogP contribution in [0.4, 0.5) is 4.39 Å². The molecule has 2 rings (SSSR count). The van der Waals surface area contributed by atoms with Crippen LogP contribution in [0.5, 0.6) is 0 Å². The fraction of sp³-hybridized carbons (Fsp3) is 0.231. The van der Waals surface area contributed by atoms with Gasteiger partial charge in [-0.05, 0) is 19.1 Å². The Kier molecular flexibility index (Phi) is 3.53. The standard InChI is InChI=1S/C13H14FN3O/c1-9(2)7-17-13(12(8-18)15-16-17)10-4-3-5-11(14)6-10/h3-6,18H,1,7-8H2,2H3. The van der Waals surface area contributed by atoms with E-state index in [0.29, 0.717) is 23.5 Å². The first kappa shape index (κ1) is 12.4. The number of aromatic nitrogens is 3. The molecule has 1 heterocycles. The highest BCUT2D eigenvalue weighted by molar-refractivity contribution is 5.61. The quantitative estimate of drug-likeness (QED) is 0.842. The molecule has 0 saturated carbocycles. The van der Waals surface area contributed by atoms with E-state index in [2.05, 4.69) is 16.9 Å². The summed E-state index contributed by atoms with van der Waals surface area (Å²) in [4.78, 5) is 0. The normalized spacial score (nSPS) is 10.6. The summed E-state index contributed by atoms with van der Waals surface area (Å²) in [5, 5.41) is 17.1. The Morgan fingerprint density at radius 1 is 1.50 bits per heavy atom. The number of allylic oxidation sites excluding steroid dienone is 1. The van der Waals surface area contributed by atoms with Crippen molar-refractivity contribution in [3.05, 3.63) is 47.9 Å². The molecule has 0 bridgehead atoms. The predicted octanol–water partition coefficient (Wildman–Crippen LogP) is 2.15. The molecule has 0 aliphatic rings. The van der Waals surface area contributed by atoms with E-state index >= 15 is 0 Å². The molecular weight excluding hydrogens is 233 g/mol. The maximum atomic E-state index is 13.3. The first-order valence-electron chi connectivity index (χ1n) is 5.55. The number of aliphatic hydroxyl groups is 1. The number of halogens is 1. The number of hydrogen-bond acceptors (Lipinski definition) is 3. The molecule has 1 aromatic heterocycles. The lowest BCUT2D eigenvalue weighted by Crippen LogP contribution is -2.04. The van der Waals surface area contributed by atoms with E-state index in [1.807, 2.05) is 6.92 Å². The van der Waals surface area contributed by atoms with Crippen LogP contribution in [0.15, 0.2) is 36.4 Å². The molecule has 5 heteroatoms. The second-order valence-corrected chi connectivity index (χ2v) is 4.17. The zero-order chi connectivity index (χ0) is 13.1. The minimum atomic E-state index is -0.334. The lowest BCUT2D eigenvalue weighted by Gasteiger charge is -2.07. The van der Waals surface area contributed by atoms with E-state index in [4.69, 9.17) is 0 Å². The van der Waals surface area contributed by atoms with Gasteiger partial charge in [-0.2, -0.15) is 0 Å². The average Bonchev–Trinajstić information content (AvgIpc) is 2.71. The molecule has 0 spiro atoms. The summed E-state index contributed by atoms with van der Waals surface area (Å²) in [5.41, 5.74) is 2.61. The third kappa shape index (κ3) is 2.46. The van der Waals surface area contributed by atoms with Crippen LogP contribution >= 0.6 is 0 Å². The van der Waals surface area contributed by atoms with Gasteiger partial charge in [0.2, 0.25) is 0 Å². The predicted molar refractivity (Wildman–Crippen MR) is 66.2 cm³/mol. The first-order chi connectivity index (χ1) is 8.61. The molecule has 18 heavy (non-hydrogen) atoms. The van der Waals surface area contributed by atoms with Crippen LogP contribution < -0.4 is 0 Å². The van der Waals surface area contributed by atoms with Crippen LogP contribution in [-0.2, 0) is 13.2 Å². The van der Waals surface area contributed by atoms with Crippen molar-refractivity contribution in [3.8, 4) is 11.3 Å². The van der Waals surface area contributed by atoms with Crippen molar-refractivity contribution in [1.29, 1.82) is 0 Å². The zero-order valence-corrected chi connectivity index (χ0v) is 10.1. The summed E-state index contributed by atoms with van der Waals surface area (Å²) in [6.45, 7) is 5.93. The Morgan fingerprint density at radius 3 is 2.89 bits per heavy atom. The molecule has 1 N–H and O–H groups in total. The highest BCUT2D eigenvalue weighted by atomic mass is 19.1. The molecule has 2 aromatic rings. The van der Waals surface area contributed by atoms with Gasteiger partial charge in [0.25, 0.3) is 0 Å². The Morgan fingerprint density at radius 2 is 2.28 bits per heavy atom. The lowest BCUT2D eigenvalue weighted by atomic mass is 10.1. The molecule has 0 atom stereocenters. The van der Waals surface area contributed by atoms with Crippen LogP contribution in [0.3, 0.4) is 0 Å². The average molecular weight is 247 g/mol. The molecule has 0 fully saturated rings. The van der Waals surface area contributed by atoms with E-state index < -0.39 is 0 Å². The third-order valence-electron chi connectivity index (χ3n) is 2.47. The van der Waals surface area contributed by atoms with Gasteiger partial charge in [-0.15, -0.1) is 5.10 Å². The molecule has 4 nitrogen and oxygen atoms in total. The van der Waals surface area contributed by atoms with Crippen molar-refractivity contribution in [2.24, 2.45) is 0 Å². The highest BCUT2D eigenvalue weighted by Crippen LogP contribution is 2.23. The summed E-state index contributed by atoms with van der Waals surface area (Å²) in [7, 11) is 0. The maximum Gasteiger partial charge on any atom is 0.123 e. The minimum absolute atomic E-state index is 0.234. The maximum absolute atomic E-state index is 13.3. The van der Waals surface area contributed by atoms with Gasteiger partial charge in [0.05, 0.1) is 18.8 Å².